The lowest BCUT2D eigenvalue weighted by atomic mass is 9.78. The number of methoxy groups -OCH3 is 1. The Morgan fingerprint density at radius 3 is 2.58 bits per heavy atom. The number of nitrogens with two attached hydrogens (primary N) is 1. The number of non-ortho nitro benzene ring substituents is 1. The van der Waals surface area contributed by atoms with Gasteiger partial charge in [-0.15, -0.1) is 0 Å². The fourth-order valence-electron chi connectivity index (χ4n) is 3.77. The van der Waals surface area contributed by atoms with Gasteiger partial charge in [0.1, 0.15) is 11.8 Å². The molecular weight excluding hydrogens is 400 g/mol. The third kappa shape index (κ3) is 3.68. The number of fused-ring (bicyclic) bond motifs is 1. The van der Waals surface area contributed by atoms with E-state index in [0.717, 1.165) is 11.1 Å². The van der Waals surface area contributed by atoms with Crippen LogP contribution in [0.1, 0.15) is 21.5 Å². The number of aliphatic imine (C=N–C) groups is 2. The number of nitrogens with zero attached hydrogens (tertiary/aromatic N) is 3. The molecular formula is C22H18N4O5. The first-order valence-corrected chi connectivity index (χ1v) is 9.35. The number of hydrogen-bond donors (Lipinski definition) is 2. The average Bonchev–Trinajstić information content (AvgIpc) is 2.78. The van der Waals surface area contributed by atoms with Crippen molar-refractivity contribution >= 4 is 35.0 Å². The molecule has 2 aliphatic rings. The van der Waals surface area contributed by atoms with Crippen LogP contribution in [0.4, 0.5) is 5.69 Å². The summed E-state index contributed by atoms with van der Waals surface area (Å²) in [6, 6.07) is 12.2. The van der Waals surface area contributed by atoms with Crippen molar-refractivity contribution in [2.45, 2.75) is 6.04 Å². The van der Waals surface area contributed by atoms with E-state index in [-0.39, 0.29) is 23.1 Å². The van der Waals surface area contributed by atoms with Gasteiger partial charge in [0.05, 0.1) is 17.6 Å². The van der Waals surface area contributed by atoms with Crippen molar-refractivity contribution in [2.75, 3.05) is 7.11 Å². The highest BCUT2D eigenvalue weighted by Gasteiger charge is 2.36. The van der Waals surface area contributed by atoms with Gasteiger partial charge in [0.2, 0.25) is 5.96 Å². The second-order valence-electron chi connectivity index (χ2n) is 7.01. The van der Waals surface area contributed by atoms with Gasteiger partial charge in [-0.25, -0.2) is 14.8 Å². The number of ether oxygens (including phenoxy) is 1. The molecule has 31 heavy (non-hydrogen) atoms. The zero-order chi connectivity index (χ0) is 22.1. The Labute approximate surface area is 177 Å². The number of aromatic carboxylic acids is 1. The fraction of sp³-hybridized carbons (Fsp3) is 0.136. The lowest BCUT2D eigenvalue weighted by molar-refractivity contribution is -0.384. The summed E-state index contributed by atoms with van der Waals surface area (Å²) < 4.78 is 5.69. The lowest BCUT2D eigenvalue weighted by Gasteiger charge is -2.32. The first kappa shape index (κ1) is 20.0. The van der Waals surface area contributed by atoms with Crippen molar-refractivity contribution in [3.63, 3.8) is 0 Å². The van der Waals surface area contributed by atoms with Crippen molar-refractivity contribution in [3.8, 4) is 0 Å². The van der Waals surface area contributed by atoms with Crippen LogP contribution >= 0.6 is 0 Å². The highest BCUT2D eigenvalue weighted by Crippen LogP contribution is 2.42. The summed E-state index contributed by atoms with van der Waals surface area (Å²) in [6.45, 7) is 0. The molecule has 2 aromatic rings. The summed E-state index contributed by atoms with van der Waals surface area (Å²) >= 11 is 0. The number of nitro groups is 1. The Morgan fingerprint density at radius 1 is 1.19 bits per heavy atom. The predicted molar refractivity (Wildman–Crippen MR) is 116 cm³/mol. The zero-order valence-corrected chi connectivity index (χ0v) is 16.4. The summed E-state index contributed by atoms with van der Waals surface area (Å²) in [5, 5.41) is 20.5. The molecule has 9 heteroatoms. The standard InChI is InChI=1S/C22H18N4O5/c1-31-20-17(12-5-7-13(8-6-12)21(27)28)10-16(18-11-24-22(23)25-19(18)20)14-3-2-4-15(9-14)26(29)30/h2-11,18-19H,1H3,(H2,23,25)(H,27,28). The number of benzene rings is 2. The molecule has 4 rings (SSSR count). The van der Waals surface area contributed by atoms with Crippen LogP contribution in [-0.4, -0.2) is 41.3 Å². The number of guanidine groups is 1. The predicted octanol–water partition coefficient (Wildman–Crippen LogP) is 3.13. The Morgan fingerprint density at radius 2 is 1.94 bits per heavy atom. The largest absolute Gasteiger partial charge is 0.498 e. The first-order valence-electron chi connectivity index (χ1n) is 9.35. The van der Waals surface area contributed by atoms with Gasteiger partial charge in [-0.05, 0) is 34.9 Å². The van der Waals surface area contributed by atoms with Crippen molar-refractivity contribution in [1.82, 2.24) is 0 Å². The van der Waals surface area contributed by atoms with Crippen molar-refractivity contribution < 1.29 is 19.6 Å². The number of allylic oxidation sites excluding steroid dienone is 2. The van der Waals surface area contributed by atoms with Crippen LogP contribution in [0.15, 0.2) is 70.4 Å². The first-order chi connectivity index (χ1) is 14.9. The van der Waals surface area contributed by atoms with Gasteiger partial charge < -0.3 is 15.6 Å². The van der Waals surface area contributed by atoms with Gasteiger partial charge in [0, 0.05) is 29.8 Å². The summed E-state index contributed by atoms with van der Waals surface area (Å²) in [5.74, 6) is -0.691. The third-order valence-electron chi connectivity index (χ3n) is 5.23. The molecule has 1 heterocycles. The van der Waals surface area contributed by atoms with E-state index in [1.165, 1.54) is 31.4 Å². The maximum atomic E-state index is 11.3. The van der Waals surface area contributed by atoms with Crippen LogP contribution in [0.25, 0.3) is 11.1 Å². The van der Waals surface area contributed by atoms with E-state index in [9.17, 15) is 20.0 Å². The Bertz CT molecular complexity index is 1190. The number of carbonyl (C=O) groups is 1. The second kappa shape index (κ2) is 7.86. The third-order valence-corrected chi connectivity index (χ3v) is 5.23. The molecule has 1 aliphatic carbocycles. The molecule has 0 amide bonds. The van der Waals surface area contributed by atoms with E-state index in [1.807, 2.05) is 6.08 Å². The highest BCUT2D eigenvalue weighted by molar-refractivity contribution is 6.01. The van der Waals surface area contributed by atoms with Crippen molar-refractivity contribution in [1.29, 1.82) is 0 Å². The average molecular weight is 418 g/mol. The zero-order valence-electron chi connectivity index (χ0n) is 16.4. The van der Waals surface area contributed by atoms with E-state index >= 15 is 0 Å². The normalized spacial score (nSPS) is 19.9. The molecule has 156 valence electrons. The molecule has 2 unspecified atom stereocenters. The quantitative estimate of drug-likeness (QED) is 0.565. The molecule has 0 aromatic heterocycles. The van der Waals surface area contributed by atoms with Gasteiger partial charge in [-0.2, -0.15) is 0 Å². The molecule has 0 spiro atoms. The van der Waals surface area contributed by atoms with E-state index in [4.69, 9.17) is 10.5 Å². The minimum Gasteiger partial charge on any atom is -0.498 e. The fourth-order valence-corrected chi connectivity index (χ4v) is 3.77. The summed E-state index contributed by atoms with van der Waals surface area (Å²) in [4.78, 5) is 30.6. The van der Waals surface area contributed by atoms with Crippen molar-refractivity contribution in [2.24, 2.45) is 21.6 Å². The molecule has 3 N–H and O–H groups in total. The van der Waals surface area contributed by atoms with Gasteiger partial charge in [-0.1, -0.05) is 24.3 Å². The van der Waals surface area contributed by atoms with Crippen LogP contribution in [0.5, 0.6) is 0 Å². The summed E-state index contributed by atoms with van der Waals surface area (Å²) in [6.07, 6.45) is 3.54. The van der Waals surface area contributed by atoms with E-state index < -0.39 is 16.9 Å². The molecule has 9 nitrogen and oxygen atoms in total. The Kier molecular flexibility index (Phi) is 5.08. The van der Waals surface area contributed by atoms with Gasteiger partial charge >= 0.3 is 5.97 Å². The molecule has 0 fully saturated rings. The number of carboxylic acid groups (broad SMARTS) is 1. The molecule has 0 bridgehead atoms. The van der Waals surface area contributed by atoms with Crippen LogP contribution < -0.4 is 5.73 Å². The maximum absolute atomic E-state index is 11.3. The van der Waals surface area contributed by atoms with Crippen LogP contribution in [0.3, 0.4) is 0 Å². The number of rotatable bonds is 5. The summed E-state index contributed by atoms with van der Waals surface area (Å²) in [5.41, 5.74) is 8.81. The lowest BCUT2D eigenvalue weighted by Crippen LogP contribution is -2.34. The van der Waals surface area contributed by atoms with Gasteiger partial charge in [0.25, 0.3) is 5.69 Å². The summed E-state index contributed by atoms with van der Waals surface area (Å²) in [7, 11) is 1.53. The molecule has 0 radical (unpaired) electrons. The topological polar surface area (TPSA) is 140 Å². The van der Waals surface area contributed by atoms with Crippen LogP contribution in [0.2, 0.25) is 0 Å². The Hall–Kier alpha value is -4.27. The number of carboxylic acids is 1. The molecule has 0 saturated carbocycles. The molecule has 0 saturated heterocycles. The SMILES string of the molecule is COC1=C(c2ccc(C(=O)O)cc2)C=C(c2cccc([N+](=O)[O-])c2)C2C=NC(N)=NC12. The number of hydrogen-bond acceptors (Lipinski definition) is 7. The molecule has 1 aliphatic heterocycles. The monoisotopic (exact) mass is 418 g/mol. The van der Waals surface area contributed by atoms with Crippen LogP contribution in [-0.2, 0) is 4.74 Å². The molecule has 2 atom stereocenters. The minimum absolute atomic E-state index is 0.0282. The van der Waals surface area contributed by atoms with Crippen LogP contribution in [0, 0.1) is 16.0 Å². The van der Waals surface area contributed by atoms with Gasteiger partial charge in [-0.3, -0.25) is 10.1 Å². The van der Waals surface area contributed by atoms with Crippen molar-refractivity contribution in [3.05, 3.63) is 87.2 Å². The highest BCUT2D eigenvalue weighted by atomic mass is 16.6. The van der Waals surface area contributed by atoms with Gasteiger partial charge in [0.15, 0.2) is 0 Å². The minimum atomic E-state index is -1.02. The van der Waals surface area contributed by atoms with E-state index in [1.54, 1.807) is 30.5 Å². The maximum Gasteiger partial charge on any atom is 0.335 e. The molecule has 2 aromatic carbocycles. The second-order valence-corrected chi connectivity index (χ2v) is 7.01. The van der Waals surface area contributed by atoms with E-state index in [2.05, 4.69) is 9.98 Å². The van der Waals surface area contributed by atoms with E-state index in [0.29, 0.717) is 16.9 Å². The Balaban J connectivity index is 1.90. The smallest absolute Gasteiger partial charge is 0.335 e. The number of nitro benzene ring substituents is 1.